The number of anilines is 1. The summed E-state index contributed by atoms with van der Waals surface area (Å²) in [5.74, 6) is 1.03. The molecule has 3 rings (SSSR count). The molecule has 1 saturated heterocycles. The van der Waals surface area contributed by atoms with Crippen molar-refractivity contribution in [1.29, 1.82) is 0 Å². The van der Waals surface area contributed by atoms with Crippen LogP contribution in [0.25, 0.3) is 5.65 Å². The molecular formula is C16H23N5O2. The summed E-state index contributed by atoms with van der Waals surface area (Å²) in [4.78, 5) is 14.6. The number of ether oxygens (including phenoxy) is 1. The topological polar surface area (TPSA) is 71.8 Å². The van der Waals surface area contributed by atoms with Crippen LogP contribution in [0.1, 0.15) is 32.5 Å². The molecule has 1 N–H and O–H groups in total. The van der Waals surface area contributed by atoms with Gasteiger partial charge in [-0.2, -0.15) is 0 Å². The summed E-state index contributed by atoms with van der Waals surface area (Å²) in [5, 5.41) is 11.3. The lowest BCUT2D eigenvalue weighted by Gasteiger charge is -2.31. The first kappa shape index (κ1) is 15.9. The number of hydrogen-bond acceptors (Lipinski definition) is 5. The van der Waals surface area contributed by atoms with E-state index in [4.69, 9.17) is 4.74 Å². The minimum atomic E-state index is -0.426. The Bertz CT molecular complexity index is 697. The fourth-order valence-corrected chi connectivity index (χ4v) is 2.75. The molecule has 0 aliphatic carbocycles. The number of aromatic nitrogens is 3. The first-order chi connectivity index (χ1) is 11.1. The molecule has 0 aromatic carbocycles. The molecule has 0 radical (unpaired) electrons. The number of hydrogen-bond donors (Lipinski definition) is 1. The fourth-order valence-electron chi connectivity index (χ4n) is 2.75. The highest BCUT2D eigenvalue weighted by molar-refractivity contribution is 5.94. The molecule has 1 aliphatic rings. The van der Waals surface area contributed by atoms with Gasteiger partial charge in [-0.1, -0.05) is 20.8 Å². The van der Waals surface area contributed by atoms with Crippen LogP contribution in [0.2, 0.25) is 0 Å². The number of morpholine rings is 1. The number of carbonyl (C=O) groups excluding carboxylic acids is 1. The summed E-state index contributed by atoms with van der Waals surface area (Å²) in [6.45, 7) is 9.26. The average molecular weight is 317 g/mol. The lowest BCUT2D eigenvalue weighted by Crippen LogP contribution is -2.47. The minimum absolute atomic E-state index is 0.110. The van der Waals surface area contributed by atoms with Crippen LogP contribution in [0.15, 0.2) is 18.3 Å². The zero-order chi connectivity index (χ0) is 16.4. The third-order valence-corrected chi connectivity index (χ3v) is 4.10. The molecule has 23 heavy (non-hydrogen) atoms. The molecule has 124 valence electrons. The molecule has 1 amide bonds. The van der Waals surface area contributed by atoms with E-state index in [0.717, 1.165) is 30.2 Å². The minimum Gasteiger partial charge on any atom is -0.366 e. The molecule has 1 atom stereocenters. The van der Waals surface area contributed by atoms with E-state index in [2.05, 4.69) is 41.2 Å². The highest BCUT2D eigenvalue weighted by Gasteiger charge is 2.26. The number of nitrogens with one attached hydrogen (secondary N) is 1. The molecule has 2 aromatic rings. The molecule has 3 heterocycles. The molecule has 1 unspecified atom stereocenters. The summed E-state index contributed by atoms with van der Waals surface area (Å²) in [6.07, 6.45) is 1.44. The monoisotopic (exact) mass is 317 g/mol. The normalized spacial score (nSPS) is 19.4. The maximum atomic E-state index is 12.4. The summed E-state index contributed by atoms with van der Waals surface area (Å²) in [7, 11) is 0. The predicted octanol–water partition coefficient (Wildman–Crippen LogP) is 1.51. The van der Waals surface area contributed by atoms with Gasteiger partial charge < -0.3 is 10.1 Å². The van der Waals surface area contributed by atoms with Crippen LogP contribution in [-0.4, -0.2) is 57.8 Å². The average Bonchev–Trinajstić information content (AvgIpc) is 2.98. The highest BCUT2D eigenvalue weighted by Crippen LogP contribution is 2.17. The Labute approximate surface area is 135 Å². The number of likely N-dealkylation sites (N-methyl/N-ethyl adjacent to an activating group) is 1. The second-order valence-electron chi connectivity index (χ2n) is 6.10. The Morgan fingerprint density at radius 3 is 3.00 bits per heavy atom. The first-order valence-electron chi connectivity index (χ1n) is 8.08. The van der Waals surface area contributed by atoms with Crippen LogP contribution in [0, 0.1) is 0 Å². The summed E-state index contributed by atoms with van der Waals surface area (Å²) >= 11 is 0. The number of amides is 1. The maximum Gasteiger partial charge on any atom is 0.254 e. The summed E-state index contributed by atoms with van der Waals surface area (Å²) in [6, 6.07) is 3.70. The number of rotatable bonds is 4. The van der Waals surface area contributed by atoms with Crippen LogP contribution in [0.4, 0.5) is 5.69 Å². The maximum absolute atomic E-state index is 12.4. The van der Waals surface area contributed by atoms with Gasteiger partial charge in [0.2, 0.25) is 0 Å². The van der Waals surface area contributed by atoms with E-state index in [1.807, 2.05) is 22.7 Å². The molecule has 2 aromatic heterocycles. The van der Waals surface area contributed by atoms with Crippen molar-refractivity contribution in [2.75, 3.05) is 31.6 Å². The number of pyridine rings is 1. The van der Waals surface area contributed by atoms with E-state index in [0.29, 0.717) is 13.2 Å². The van der Waals surface area contributed by atoms with E-state index >= 15 is 0 Å². The molecular weight excluding hydrogens is 294 g/mol. The van der Waals surface area contributed by atoms with Gasteiger partial charge in [-0.3, -0.25) is 14.1 Å². The van der Waals surface area contributed by atoms with Crippen molar-refractivity contribution in [3.05, 3.63) is 24.2 Å². The van der Waals surface area contributed by atoms with Crippen molar-refractivity contribution in [3.63, 3.8) is 0 Å². The Kier molecular flexibility index (Phi) is 4.58. The Morgan fingerprint density at radius 1 is 1.43 bits per heavy atom. The predicted molar refractivity (Wildman–Crippen MR) is 87.6 cm³/mol. The van der Waals surface area contributed by atoms with Gasteiger partial charge in [-0.05, 0) is 18.7 Å². The van der Waals surface area contributed by atoms with E-state index in [9.17, 15) is 4.79 Å². The van der Waals surface area contributed by atoms with Crippen molar-refractivity contribution in [2.24, 2.45) is 0 Å². The van der Waals surface area contributed by atoms with Gasteiger partial charge in [-0.15, -0.1) is 10.2 Å². The van der Waals surface area contributed by atoms with E-state index < -0.39 is 6.10 Å². The molecule has 0 saturated carbocycles. The molecule has 1 fully saturated rings. The number of nitrogens with zero attached hydrogens (tertiary/aromatic N) is 4. The molecule has 7 heteroatoms. The summed E-state index contributed by atoms with van der Waals surface area (Å²) < 4.78 is 7.51. The quantitative estimate of drug-likeness (QED) is 0.925. The Morgan fingerprint density at radius 2 is 2.26 bits per heavy atom. The Hall–Kier alpha value is -1.99. The molecule has 1 aliphatic heterocycles. The van der Waals surface area contributed by atoms with E-state index in [1.54, 1.807) is 0 Å². The first-order valence-corrected chi connectivity index (χ1v) is 8.08. The van der Waals surface area contributed by atoms with Crippen LogP contribution < -0.4 is 5.32 Å². The van der Waals surface area contributed by atoms with Gasteiger partial charge in [0.15, 0.2) is 5.65 Å². The SMILES string of the molecule is CCN1CCOC(C(=O)Nc2ccc3nnc(C(C)C)n3c2)C1. The van der Waals surface area contributed by atoms with Crippen molar-refractivity contribution >= 4 is 17.2 Å². The highest BCUT2D eigenvalue weighted by atomic mass is 16.5. The van der Waals surface area contributed by atoms with Crippen LogP contribution in [0.5, 0.6) is 0 Å². The van der Waals surface area contributed by atoms with Crippen molar-refractivity contribution in [3.8, 4) is 0 Å². The Balaban J connectivity index is 1.75. The lowest BCUT2D eigenvalue weighted by atomic mass is 10.2. The fraction of sp³-hybridized carbons (Fsp3) is 0.562. The van der Waals surface area contributed by atoms with Gasteiger partial charge in [0.05, 0.1) is 12.3 Å². The molecule has 0 bridgehead atoms. The van der Waals surface area contributed by atoms with Crippen LogP contribution in [-0.2, 0) is 9.53 Å². The third kappa shape index (κ3) is 3.35. The molecule has 0 spiro atoms. The second kappa shape index (κ2) is 6.64. The van der Waals surface area contributed by atoms with Gasteiger partial charge in [0, 0.05) is 25.2 Å². The third-order valence-electron chi connectivity index (χ3n) is 4.10. The number of fused-ring (bicyclic) bond motifs is 1. The van der Waals surface area contributed by atoms with Gasteiger partial charge >= 0.3 is 0 Å². The number of carbonyl (C=O) groups is 1. The lowest BCUT2D eigenvalue weighted by molar-refractivity contribution is -0.132. The van der Waals surface area contributed by atoms with Crippen molar-refractivity contribution in [2.45, 2.75) is 32.8 Å². The van der Waals surface area contributed by atoms with Gasteiger partial charge in [0.1, 0.15) is 11.9 Å². The second-order valence-corrected chi connectivity index (χ2v) is 6.10. The summed E-state index contributed by atoms with van der Waals surface area (Å²) in [5.41, 5.74) is 1.50. The van der Waals surface area contributed by atoms with Crippen molar-refractivity contribution < 1.29 is 9.53 Å². The smallest absolute Gasteiger partial charge is 0.254 e. The van der Waals surface area contributed by atoms with Gasteiger partial charge in [-0.25, -0.2) is 0 Å². The molecule has 7 nitrogen and oxygen atoms in total. The van der Waals surface area contributed by atoms with E-state index in [-0.39, 0.29) is 11.8 Å². The van der Waals surface area contributed by atoms with Crippen LogP contribution >= 0.6 is 0 Å². The largest absolute Gasteiger partial charge is 0.366 e. The van der Waals surface area contributed by atoms with Crippen molar-refractivity contribution in [1.82, 2.24) is 19.5 Å². The van der Waals surface area contributed by atoms with Gasteiger partial charge in [0.25, 0.3) is 5.91 Å². The standard InChI is InChI=1S/C16H23N5O2/c1-4-20-7-8-23-13(10-20)16(22)17-12-5-6-14-18-19-15(11(2)3)21(14)9-12/h5-6,9,11,13H,4,7-8,10H2,1-3H3,(H,17,22). The van der Waals surface area contributed by atoms with E-state index in [1.165, 1.54) is 0 Å². The zero-order valence-corrected chi connectivity index (χ0v) is 13.8. The van der Waals surface area contributed by atoms with Crippen LogP contribution in [0.3, 0.4) is 0 Å². The zero-order valence-electron chi connectivity index (χ0n) is 13.8.